The van der Waals surface area contributed by atoms with E-state index in [1.807, 2.05) is 24.0 Å². The highest BCUT2D eigenvalue weighted by atomic mass is 79.9. The summed E-state index contributed by atoms with van der Waals surface area (Å²) in [6.45, 7) is 3.06. The molecule has 1 heterocycles. The summed E-state index contributed by atoms with van der Waals surface area (Å²) in [5.41, 5.74) is 6.58. The molecule has 0 saturated carbocycles. The normalized spacial score (nSPS) is 18.5. The molecule has 1 aliphatic heterocycles. The Morgan fingerprint density at radius 3 is 2.62 bits per heavy atom. The maximum absolute atomic E-state index is 12.4. The molecule has 134 valence electrons. The number of hydrogen-bond acceptors (Lipinski definition) is 3. The van der Waals surface area contributed by atoms with Crippen molar-refractivity contribution in [3.05, 3.63) is 34.3 Å². The zero-order valence-corrected chi connectivity index (χ0v) is 16.2. The van der Waals surface area contributed by atoms with Crippen LogP contribution in [0.2, 0.25) is 0 Å². The predicted molar refractivity (Wildman–Crippen MR) is 101 cm³/mol. The van der Waals surface area contributed by atoms with Crippen molar-refractivity contribution in [2.75, 3.05) is 13.1 Å². The number of rotatable bonds is 5. The van der Waals surface area contributed by atoms with Crippen LogP contribution >= 0.6 is 28.3 Å². The fourth-order valence-corrected chi connectivity index (χ4v) is 3.21. The summed E-state index contributed by atoms with van der Waals surface area (Å²) in [6, 6.07) is 7.24. The molecule has 2 atom stereocenters. The quantitative estimate of drug-likeness (QED) is 0.772. The lowest BCUT2D eigenvalue weighted by Crippen LogP contribution is -2.52. The fourth-order valence-electron chi connectivity index (χ4n) is 2.94. The van der Waals surface area contributed by atoms with Gasteiger partial charge in [0.2, 0.25) is 5.91 Å². The lowest BCUT2D eigenvalue weighted by atomic mass is 9.96. The predicted octanol–water partition coefficient (Wildman–Crippen LogP) is 2.72. The lowest BCUT2D eigenvalue weighted by molar-refractivity contribution is -0.135. The Hall–Kier alpha value is -1.11. The number of halogens is 2. The summed E-state index contributed by atoms with van der Waals surface area (Å²) < 4.78 is 0.927. The van der Waals surface area contributed by atoms with E-state index in [9.17, 15) is 9.59 Å². The number of likely N-dealkylation sites (tertiary alicyclic amines) is 1. The van der Waals surface area contributed by atoms with E-state index in [1.165, 1.54) is 0 Å². The van der Waals surface area contributed by atoms with Gasteiger partial charge in [-0.2, -0.15) is 0 Å². The average molecular weight is 419 g/mol. The molecule has 1 aromatic rings. The minimum Gasteiger partial charge on any atom is -0.352 e. The van der Waals surface area contributed by atoms with Crippen molar-refractivity contribution in [3.63, 3.8) is 0 Å². The Morgan fingerprint density at radius 2 is 2.00 bits per heavy atom. The van der Waals surface area contributed by atoms with Crippen molar-refractivity contribution in [3.8, 4) is 0 Å². The number of nitrogens with one attached hydrogen (secondary N) is 1. The van der Waals surface area contributed by atoms with Crippen LogP contribution in [-0.4, -0.2) is 41.9 Å². The first-order valence-electron chi connectivity index (χ1n) is 8.08. The number of piperidine rings is 1. The van der Waals surface area contributed by atoms with Crippen LogP contribution in [0.25, 0.3) is 0 Å². The highest BCUT2D eigenvalue weighted by Gasteiger charge is 2.28. The summed E-state index contributed by atoms with van der Waals surface area (Å²) in [4.78, 5) is 26.3. The van der Waals surface area contributed by atoms with Gasteiger partial charge in [-0.25, -0.2) is 0 Å². The van der Waals surface area contributed by atoms with Gasteiger partial charge in [0.25, 0.3) is 5.91 Å². The molecule has 2 unspecified atom stereocenters. The summed E-state index contributed by atoms with van der Waals surface area (Å²) >= 11 is 3.34. The van der Waals surface area contributed by atoms with Gasteiger partial charge in [-0.3, -0.25) is 9.59 Å². The molecule has 24 heavy (non-hydrogen) atoms. The number of nitrogens with two attached hydrogens (primary N) is 1. The minimum atomic E-state index is -0.160. The Morgan fingerprint density at radius 1 is 1.33 bits per heavy atom. The summed E-state index contributed by atoms with van der Waals surface area (Å²) in [5, 5.41) is 2.80. The van der Waals surface area contributed by atoms with Crippen molar-refractivity contribution in [1.82, 2.24) is 10.2 Å². The number of carbonyl (C=O) groups excluding carboxylic acids is 2. The molecule has 1 aromatic carbocycles. The SMILES string of the molecule is CC(N)C1CCCCN1C(=O)CCNC(=O)c1ccc(Br)cc1.Cl. The minimum absolute atomic E-state index is 0. The summed E-state index contributed by atoms with van der Waals surface area (Å²) in [5.74, 6) is -0.0872. The maximum atomic E-state index is 12.4. The second kappa shape index (κ2) is 10.0. The van der Waals surface area contributed by atoms with Crippen LogP contribution in [0.15, 0.2) is 28.7 Å². The average Bonchev–Trinajstić information content (AvgIpc) is 2.55. The third-order valence-corrected chi connectivity index (χ3v) is 4.74. The molecular weight excluding hydrogens is 394 g/mol. The number of nitrogens with zero attached hydrogens (tertiary/aromatic N) is 1. The molecule has 2 rings (SSSR count). The number of amides is 2. The first-order chi connectivity index (χ1) is 11.0. The standard InChI is InChI=1S/C17H24BrN3O2.ClH/c1-12(19)15-4-2-3-11-21(15)16(22)9-10-20-17(23)13-5-7-14(18)8-6-13;/h5-8,12,15H,2-4,9-11,19H2,1H3,(H,20,23);1H. The molecule has 0 radical (unpaired) electrons. The highest BCUT2D eigenvalue weighted by molar-refractivity contribution is 9.10. The van der Waals surface area contributed by atoms with Crippen LogP contribution < -0.4 is 11.1 Å². The molecule has 0 aromatic heterocycles. The molecule has 0 aliphatic carbocycles. The molecule has 1 aliphatic rings. The highest BCUT2D eigenvalue weighted by Crippen LogP contribution is 2.19. The fraction of sp³-hybridized carbons (Fsp3) is 0.529. The maximum Gasteiger partial charge on any atom is 0.251 e. The van der Waals surface area contributed by atoms with E-state index < -0.39 is 0 Å². The van der Waals surface area contributed by atoms with Gasteiger partial charge in [0, 0.05) is 41.6 Å². The molecule has 0 spiro atoms. The number of benzene rings is 1. The molecule has 1 saturated heterocycles. The largest absolute Gasteiger partial charge is 0.352 e. The zero-order valence-electron chi connectivity index (χ0n) is 13.8. The number of carbonyl (C=O) groups is 2. The van der Waals surface area contributed by atoms with Gasteiger partial charge < -0.3 is 16.0 Å². The van der Waals surface area contributed by atoms with E-state index in [1.54, 1.807) is 12.1 Å². The molecule has 2 amide bonds. The van der Waals surface area contributed by atoms with E-state index in [0.717, 1.165) is 30.3 Å². The van der Waals surface area contributed by atoms with Crippen molar-refractivity contribution in [1.29, 1.82) is 0 Å². The van der Waals surface area contributed by atoms with E-state index >= 15 is 0 Å². The third kappa shape index (κ3) is 5.76. The van der Waals surface area contributed by atoms with Gasteiger partial charge in [-0.05, 0) is 50.5 Å². The van der Waals surface area contributed by atoms with Crippen LogP contribution in [0.4, 0.5) is 0 Å². The Balaban J connectivity index is 0.00000288. The Kier molecular flexibility index (Phi) is 8.73. The van der Waals surface area contributed by atoms with Crippen LogP contribution in [0.1, 0.15) is 43.0 Å². The van der Waals surface area contributed by atoms with Crippen molar-refractivity contribution < 1.29 is 9.59 Å². The summed E-state index contributed by atoms with van der Waals surface area (Å²) in [7, 11) is 0. The van der Waals surface area contributed by atoms with Crippen molar-refractivity contribution >= 4 is 40.2 Å². The lowest BCUT2D eigenvalue weighted by Gasteiger charge is -2.38. The Labute approximate surface area is 157 Å². The smallest absolute Gasteiger partial charge is 0.251 e. The van der Waals surface area contributed by atoms with Crippen molar-refractivity contribution in [2.45, 2.75) is 44.7 Å². The molecule has 7 heteroatoms. The Bertz CT molecular complexity index is 551. The molecular formula is C17H25BrClN3O2. The van der Waals surface area contributed by atoms with Gasteiger partial charge >= 0.3 is 0 Å². The van der Waals surface area contributed by atoms with Crippen molar-refractivity contribution in [2.24, 2.45) is 5.73 Å². The zero-order chi connectivity index (χ0) is 16.8. The second-order valence-corrected chi connectivity index (χ2v) is 6.94. The molecule has 0 bridgehead atoms. The van der Waals surface area contributed by atoms with E-state index in [0.29, 0.717) is 18.5 Å². The van der Waals surface area contributed by atoms with Crippen LogP contribution in [-0.2, 0) is 4.79 Å². The van der Waals surface area contributed by atoms with Gasteiger partial charge in [-0.15, -0.1) is 12.4 Å². The third-order valence-electron chi connectivity index (χ3n) is 4.21. The number of hydrogen-bond donors (Lipinski definition) is 2. The van der Waals surface area contributed by atoms with Gasteiger partial charge in [0.1, 0.15) is 0 Å². The molecule has 5 nitrogen and oxygen atoms in total. The molecule has 3 N–H and O–H groups in total. The van der Waals surface area contributed by atoms with Crippen LogP contribution in [0.3, 0.4) is 0 Å². The van der Waals surface area contributed by atoms with Gasteiger partial charge in [0.15, 0.2) is 0 Å². The van der Waals surface area contributed by atoms with Crippen LogP contribution in [0, 0.1) is 0 Å². The van der Waals surface area contributed by atoms with E-state index in [2.05, 4.69) is 21.2 Å². The first-order valence-corrected chi connectivity index (χ1v) is 8.87. The van der Waals surface area contributed by atoms with E-state index in [-0.39, 0.29) is 36.3 Å². The monoisotopic (exact) mass is 417 g/mol. The van der Waals surface area contributed by atoms with Gasteiger partial charge in [0.05, 0.1) is 0 Å². The van der Waals surface area contributed by atoms with E-state index in [4.69, 9.17) is 5.73 Å². The van der Waals surface area contributed by atoms with Crippen LogP contribution in [0.5, 0.6) is 0 Å². The molecule has 1 fully saturated rings. The van der Waals surface area contributed by atoms with Gasteiger partial charge in [-0.1, -0.05) is 15.9 Å². The second-order valence-electron chi connectivity index (χ2n) is 6.02. The topological polar surface area (TPSA) is 75.4 Å². The first kappa shape index (κ1) is 20.9. The summed E-state index contributed by atoms with van der Waals surface area (Å²) in [6.07, 6.45) is 3.43.